The van der Waals surface area contributed by atoms with Gasteiger partial charge in [0, 0.05) is 46.9 Å². The number of aromatic carboxylic acids is 1. The van der Waals surface area contributed by atoms with Crippen LogP contribution in [0.15, 0.2) is 91.0 Å². The second-order valence-electron chi connectivity index (χ2n) is 11.2. The number of carboxylic acids is 1. The molecule has 6 rings (SSSR count). The van der Waals surface area contributed by atoms with Gasteiger partial charge in [-0.15, -0.1) is 0 Å². The van der Waals surface area contributed by atoms with Crippen molar-refractivity contribution in [1.82, 2.24) is 29.9 Å². The molecule has 0 atom stereocenters. The Hall–Kier alpha value is -5.18. The number of hydrogen-bond acceptors (Lipinski definition) is 12. The minimum Gasteiger partial charge on any atom is -0.478 e. The summed E-state index contributed by atoms with van der Waals surface area (Å²) in [6, 6.07) is 27.5. The van der Waals surface area contributed by atoms with E-state index in [0.717, 1.165) is 30.0 Å². The van der Waals surface area contributed by atoms with Crippen molar-refractivity contribution in [3.05, 3.63) is 133 Å². The zero-order chi connectivity index (χ0) is 40.5. The molecule has 0 spiro atoms. The highest BCUT2D eigenvalue weighted by Crippen LogP contribution is 2.24. The summed E-state index contributed by atoms with van der Waals surface area (Å²) in [5.41, 5.74) is 3.81. The number of halogens is 5. The molecule has 13 nitrogen and oxygen atoms in total. The normalized spacial score (nSPS) is 10.2. The Balaban J connectivity index is 0.000000207. The number of anilines is 2. The lowest BCUT2D eigenvalue weighted by atomic mass is 10.1. The second kappa shape index (κ2) is 22.4. The van der Waals surface area contributed by atoms with Crippen LogP contribution < -0.4 is 24.8 Å². The van der Waals surface area contributed by atoms with Gasteiger partial charge < -0.3 is 30.0 Å². The maximum atomic E-state index is 11.2. The first kappa shape index (κ1) is 43.5. The summed E-state index contributed by atoms with van der Waals surface area (Å²) in [7, 11) is 4.44. The topological polar surface area (TPSA) is 166 Å². The zero-order valence-electron chi connectivity index (χ0n) is 30.1. The van der Waals surface area contributed by atoms with Gasteiger partial charge in [-0.25, -0.2) is 4.79 Å². The van der Waals surface area contributed by atoms with Crippen molar-refractivity contribution in [2.75, 3.05) is 45.1 Å². The molecule has 0 aliphatic rings. The largest absolute Gasteiger partial charge is 0.478 e. The molecule has 0 radical (unpaired) electrons. The van der Waals surface area contributed by atoms with Gasteiger partial charge in [0.1, 0.15) is 27.1 Å². The third-order valence-corrected chi connectivity index (χ3v) is 8.33. The number of nitrogens with one attached hydrogen (secondary N) is 2. The molecule has 3 heterocycles. The molecule has 3 N–H and O–H groups in total. The third-order valence-electron chi connectivity index (χ3n) is 7.24. The molecule has 3 aromatic heterocycles. The van der Waals surface area contributed by atoms with E-state index in [1.54, 1.807) is 30.3 Å². The van der Waals surface area contributed by atoms with Gasteiger partial charge in [-0.3, -0.25) is 0 Å². The fraction of sp³-hybridized carbons (Fsp3) is 0.184. The number of rotatable bonds is 13. The van der Waals surface area contributed by atoms with Crippen molar-refractivity contribution in [3.8, 4) is 29.3 Å². The van der Waals surface area contributed by atoms with Crippen molar-refractivity contribution >= 4 is 75.6 Å². The first-order valence-electron chi connectivity index (χ1n) is 16.5. The zero-order valence-corrected chi connectivity index (χ0v) is 33.9. The second-order valence-corrected chi connectivity index (χ2v) is 13.2. The average Bonchev–Trinajstić information content (AvgIpc) is 3.19. The van der Waals surface area contributed by atoms with Gasteiger partial charge in [0.05, 0.1) is 32.6 Å². The van der Waals surface area contributed by atoms with Crippen LogP contribution in [0.2, 0.25) is 25.5 Å². The lowest BCUT2D eigenvalue weighted by molar-refractivity contribution is 0.0697. The predicted octanol–water partition coefficient (Wildman–Crippen LogP) is 9.40. The Morgan fingerprint density at radius 2 is 1.02 bits per heavy atom. The molecular weight excluding hydrogens is 826 g/mol. The molecule has 0 unspecified atom stereocenters. The van der Waals surface area contributed by atoms with Crippen molar-refractivity contribution < 1.29 is 24.1 Å². The smallest absolute Gasteiger partial charge is 0.335 e. The standard InChI is InChI=1S/C20H18ClN3O3.C13H13Cl2N3O.C5H4Cl2N2O/c1-27-20-23-17(14-3-2-4-15(11-14)19(25)26)12-18(24-20)22-10-9-13-5-7-16(21)8-6-13;1-19-13-17-11(15)8-12(18-13)16-7-6-9-2-4-10(14)5-3-9;1-10-5-8-3(6)2-4(7)9-5/h2-8,11-12H,9-10H2,1H3,(H,25,26)(H,22,23,24);2-5,8H,6-7H2,1H3,(H,16,17,18);2H,1H3. The van der Waals surface area contributed by atoms with Crippen LogP contribution in [0, 0.1) is 0 Å². The number of hydrogen-bond donors (Lipinski definition) is 3. The fourth-order valence-electron chi connectivity index (χ4n) is 4.58. The Labute approximate surface area is 348 Å². The molecule has 0 saturated carbocycles. The van der Waals surface area contributed by atoms with Crippen LogP contribution in [0.5, 0.6) is 18.0 Å². The number of nitrogens with zero attached hydrogens (tertiary/aromatic N) is 6. The summed E-state index contributed by atoms with van der Waals surface area (Å²) in [5.74, 6) is 0.261. The molecule has 0 bridgehead atoms. The van der Waals surface area contributed by atoms with Gasteiger partial charge in [-0.2, -0.15) is 29.9 Å². The van der Waals surface area contributed by atoms with E-state index in [2.05, 4.69) is 45.3 Å². The van der Waals surface area contributed by atoms with E-state index in [4.69, 9.17) is 67.5 Å². The van der Waals surface area contributed by atoms with Crippen LogP contribution in [-0.4, -0.2) is 75.4 Å². The minimum absolute atomic E-state index is 0.178. The van der Waals surface area contributed by atoms with Gasteiger partial charge in [0.25, 0.3) is 0 Å². The van der Waals surface area contributed by atoms with Crippen LogP contribution >= 0.6 is 58.0 Å². The van der Waals surface area contributed by atoms with Crippen LogP contribution in [0.25, 0.3) is 11.3 Å². The minimum atomic E-state index is -0.987. The summed E-state index contributed by atoms with van der Waals surface area (Å²) in [6.45, 7) is 1.40. The Morgan fingerprint density at radius 1 is 0.571 bits per heavy atom. The summed E-state index contributed by atoms with van der Waals surface area (Å²) >= 11 is 28.6. The molecule has 56 heavy (non-hydrogen) atoms. The van der Waals surface area contributed by atoms with Crippen LogP contribution in [0.1, 0.15) is 21.5 Å². The van der Waals surface area contributed by atoms with Crippen LogP contribution in [0.4, 0.5) is 11.6 Å². The average molecular weight is 861 g/mol. The third kappa shape index (κ3) is 14.8. The molecule has 0 fully saturated rings. The maximum absolute atomic E-state index is 11.2. The molecule has 292 valence electrons. The summed E-state index contributed by atoms with van der Waals surface area (Å²) in [6.07, 6.45) is 1.66. The molecule has 0 aliphatic carbocycles. The van der Waals surface area contributed by atoms with Gasteiger partial charge in [0.15, 0.2) is 0 Å². The van der Waals surface area contributed by atoms with Gasteiger partial charge >= 0.3 is 24.0 Å². The lowest BCUT2D eigenvalue weighted by Gasteiger charge is -2.10. The molecule has 3 aromatic carbocycles. The molecular formula is C38H35Cl5N8O5. The summed E-state index contributed by atoms with van der Waals surface area (Å²) in [4.78, 5) is 35.3. The summed E-state index contributed by atoms with van der Waals surface area (Å²) in [5, 5.41) is 17.9. The van der Waals surface area contributed by atoms with E-state index in [1.807, 2.05) is 48.5 Å². The first-order chi connectivity index (χ1) is 26.9. The monoisotopic (exact) mass is 858 g/mol. The van der Waals surface area contributed by atoms with Crippen molar-refractivity contribution in [2.45, 2.75) is 12.8 Å². The van der Waals surface area contributed by atoms with E-state index in [0.29, 0.717) is 39.6 Å². The number of carbonyl (C=O) groups is 1. The highest BCUT2D eigenvalue weighted by Gasteiger charge is 2.10. The highest BCUT2D eigenvalue weighted by molar-refractivity contribution is 6.33. The number of aromatic nitrogens is 6. The quantitative estimate of drug-likeness (QED) is 0.0941. The highest BCUT2D eigenvalue weighted by atomic mass is 35.5. The molecule has 6 aromatic rings. The number of carboxylic acid groups (broad SMARTS) is 1. The Bertz CT molecular complexity index is 2160. The molecule has 0 aliphatic heterocycles. The van der Waals surface area contributed by atoms with Crippen LogP contribution in [0.3, 0.4) is 0 Å². The SMILES string of the molecule is COc1nc(Cl)cc(Cl)n1.COc1nc(Cl)cc(NCCc2ccc(Cl)cc2)n1.COc1nc(NCCc2ccc(Cl)cc2)cc(-c2cccc(C(=O)O)c2)n1. The van der Waals surface area contributed by atoms with E-state index < -0.39 is 5.97 Å². The maximum Gasteiger partial charge on any atom is 0.335 e. The molecule has 0 amide bonds. The number of benzene rings is 3. The molecule has 18 heteroatoms. The van der Waals surface area contributed by atoms with Gasteiger partial charge in [-0.05, 0) is 60.4 Å². The van der Waals surface area contributed by atoms with Gasteiger partial charge in [-0.1, -0.05) is 94.4 Å². The van der Waals surface area contributed by atoms with E-state index in [-0.39, 0.29) is 33.9 Å². The van der Waals surface area contributed by atoms with Crippen molar-refractivity contribution in [1.29, 1.82) is 0 Å². The Morgan fingerprint density at radius 3 is 1.50 bits per heavy atom. The number of methoxy groups -OCH3 is 3. The van der Waals surface area contributed by atoms with Crippen LogP contribution in [-0.2, 0) is 12.8 Å². The van der Waals surface area contributed by atoms with Gasteiger partial charge in [0.2, 0.25) is 0 Å². The van der Waals surface area contributed by atoms with E-state index in [1.165, 1.54) is 39.0 Å². The van der Waals surface area contributed by atoms with E-state index >= 15 is 0 Å². The fourth-order valence-corrected chi connectivity index (χ4v) is 5.41. The predicted molar refractivity (Wildman–Crippen MR) is 220 cm³/mol. The number of ether oxygens (including phenoxy) is 3. The van der Waals surface area contributed by atoms with Crippen molar-refractivity contribution in [2.24, 2.45) is 0 Å². The Kier molecular flexibility index (Phi) is 17.4. The lowest BCUT2D eigenvalue weighted by Crippen LogP contribution is -2.08. The van der Waals surface area contributed by atoms with Crippen molar-refractivity contribution in [3.63, 3.8) is 0 Å². The first-order valence-corrected chi connectivity index (χ1v) is 18.4. The molecule has 0 saturated heterocycles. The van der Waals surface area contributed by atoms with E-state index in [9.17, 15) is 9.90 Å². The summed E-state index contributed by atoms with van der Waals surface area (Å²) < 4.78 is 14.8.